The summed E-state index contributed by atoms with van der Waals surface area (Å²) in [5.74, 6) is -1.30. The third-order valence-corrected chi connectivity index (χ3v) is 3.07. The van der Waals surface area contributed by atoms with Gasteiger partial charge in [-0.1, -0.05) is 0 Å². The largest absolute Gasteiger partial charge is 0.417 e. The number of halogens is 2. The number of ketones is 1. The van der Waals surface area contributed by atoms with Crippen molar-refractivity contribution in [2.75, 3.05) is 0 Å². The first-order valence-electron chi connectivity index (χ1n) is 6.39. The average Bonchev–Trinajstić information content (AvgIpc) is 2.87. The molecule has 0 atom stereocenters. The number of fused-ring (bicyclic) bond motifs is 1. The molecule has 0 aliphatic heterocycles. The summed E-state index contributed by atoms with van der Waals surface area (Å²) in [5.41, 5.74) is 1.34. The zero-order valence-corrected chi connectivity index (χ0v) is 11.7. The van der Waals surface area contributed by atoms with Gasteiger partial charge in [0, 0.05) is 11.1 Å². The van der Waals surface area contributed by atoms with Gasteiger partial charge in [0.2, 0.25) is 5.88 Å². The number of rotatable bonds is 4. The molecule has 0 fully saturated rings. The van der Waals surface area contributed by atoms with Crippen molar-refractivity contribution in [3.8, 4) is 17.1 Å². The van der Waals surface area contributed by atoms with E-state index in [1.165, 1.54) is 25.3 Å². The van der Waals surface area contributed by atoms with E-state index in [0.29, 0.717) is 11.1 Å². The van der Waals surface area contributed by atoms with Crippen molar-refractivity contribution >= 4 is 16.9 Å². The molecule has 0 amide bonds. The Kier molecular flexibility index (Phi) is 3.61. The number of aromatic amines is 1. The van der Waals surface area contributed by atoms with Gasteiger partial charge in [0.15, 0.2) is 11.4 Å². The van der Waals surface area contributed by atoms with E-state index in [2.05, 4.69) is 19.7 Å². The summed E-state index contributed by atoms with van der Waals surface area (Å²) in [4.78, 5) is 33.1. The maximum atomic E-state index is 12.1. The third kappa shape index (κ3) is 2.80. The van der Waals surface area contributed by atoms with Crippen molar-refractivity contribution in [2.45, 2.75) is 13.5 Å². The minimum absolute atomic E-state index is 0.138. The lowest BCUT2D eigenvalue weighted by atomic mass is 10.0. The summed E-state index contributed by atoms with van der Waals surface area (Å²) >= 11 is 0. The molecule has 0 saturated heterocycles. The van der Waals surface area contributed by atoms with E-state index in [1.54, 1.807) is 0 Å². The molecule has 9 heteroatoms. The van der Waals surface area contributed by atoms with Crippen LogP contribution in [0.5, 0.6) is 5.88 Å². The number of oxazole rings is 1. The van der Waals surface area contributed by atoms with Crippen molar-refractivity contribution in [1.82, 2.24) is 15.0 Å². The van der Waals surface area contributed by atoms with Gasteiger partial charge in [0.05, 0.1) is 23.6 Å². The van der Waals surface area contributed by atoms with Crippen molar-refractivity contribution in [3.63, 3.8) is 0 Å². The van der Waals surface area contributed by atoms with Crippen LogP contribution in [0.25, 0.3) is 22.4 Å². The molecule has 23 heavy (non-hydrogen) atoms. The highest BCUT2D eigenvalue weighted by Crippen LogP contribution is 2.28. The Morgan fingerprint density at radius 2 is 2.09 bits per heavy atom. The zero-order chi connectivity index (χ0) is 16.6. The van der Waals surface area contributed by atoms with E-state index in [1.807, 2.05) is 0 Å². The zero-order valence-electron chi connectivity index (χ0n) is 11.7. The van der Waals surface area contributed by atoms with E-state index >= 15 is 0 Å². The van der Waals surface area contributed by atoms with Crippen molar-refractivity contribution in [1.29, 1.82) is 0 Å². The fourth-order valence-electron chi connectivity index (χ4n) is 2.14. The summed E-state index contributed by atoms with van der Waals surface area (Å²) in [5, 5.41) is 0. The van der Waals surface area contributed by atoms with Gasteiger partial charge in [-0.3, -0.25) is 9.78 Å². The Bertz CT molecular complexity index is 931. The molecule has 0 saturated carbocycles. The predicted molar refractivity (Wildman–Crippen MR) is 74.5 cm³/mol. The molecular weight excluding hydrogens is 312 g/mol. The minimum atomic E-state index is -3.00. The lowest BCUT2D eigenvalue weighted by Gasteiger charge is -2.05. The molecule has 0 spiro atoms. The topological polar surface area (TPSA) is 98.1 Å². The normalized spacial score (nSPS) is 11.1. The molecule has 3 rings (SSSR count). The van der Waals surface area contributed by atoms with E-state index in [-0.39, 0.29) is 28.5 Å². The SMILES string of the molecule is CC(=O)c1ccc(-c2cnc(OC(F)F)cn2)c2oc(=O)[nH]c12. The Labute approximate surface area is 126 Å². The van der Waals surface area contributed by atoms with Gasteiger partial charge >= 0.3 is 12.4 Å². The number of H-pyrrole nitrogens is 1. The van der Waals surface area contributed by atoms with Crippen LogP contribution in [0, 0.1) is 0 Å². The molecule has 1 aromatic carbocycles. The first-order valence-corrected chi connectivity index (χ1v) is 6.39. The number of carbonyl (C=O) groups excluding carboxylic acids is 1. The fraction of sp³-hybridized carbons (Fsp3) is 0.143. The number of hydrogen-bond donors (Lipinski definition) is 1. The number of Topliss-reactive ketones (excluding diaryl/α,β-unsaturated/α-hetero) is 1. The maximum Gasteiger partial charge on any atom is 0.417 e. The highest BCUT2D eigenvalue weighted by molar-refractivity contribution is 6.07. The second kappa shape index (κ2) is 5.59. The first kappa shape index (κ1) is 14.8. The highest BCUT2D eigenvalue weighted by Gasteiger charge is 2.17. The maximum absolute atomic E-state index is 12.1. The molecule has 3 aromatic rings. The Hall–Kier alpha value is -3.10. The van der Waals surface area contributed by atoms with Gasteiger partial charge in [-0.15, -0.1) is 0 Å². The quantitative estimate of drug-likeness (QED) is 0.741. The molecule has 2 heterocycles. The smallest absolute Gasteiger partial charge is 0.415 e. The molecule has 0 bridgehead atoms. The highest BCUT2D eigenvalue weighted by atomic mass is 19.3. The minimum Gasteiger partial charge on any atom is -0.415 e. The second-order valence-corrected chi connectivity index (χ2v) is 4.55. The summed E-state index contributed by atoms with van der Waals surface area (Å²) in [7, 11) is 0. The Balaban J connectivity index is 2.11. The number of ether oxygens (including phenoxy) is 1. The number of benzene rings is 1. The first-order chi connectivity index (χ1) is 11.0. The molecule has 2 aromatic heterocycles. The molecule has 0 aliphatic rings. The summed E-state index contributed by atoms with van der Waals surface area (Å²) in [6.45, 7) is -1.64. The van der Waals surface area contributed by atoms with Gasteiger partial charge in [-0.05, 0) is 19.1 Å². The van der Waals surface area contributed by atoms with Gasteiger partial charge in [0.25, 0.3) is 0 Å². The van der Waals surface area contributed by atoms with Gasteiger partial charge < -0.3 is 9.15 Å². The Morgan fingerprint density at radius 1 is 1.30 bits per heavy atom. The number of carbonyl (C=O) groups is 1. The molecule has 0 aliphatic carbocycles. The van der Waals surface area contributed by atoms with Crippen LogP contribution in [0.1, 0.15) is 17.3 Å². The van der Waals surface area contributed by atoms with E-state index in [9.17, 15) is 18.4 Å². The number of nitrogens with zero attached hydrogens (tertiary/aromatic N) is 2. The Morgan fingerprint density at radius 3 is 2.70 bits per heavy atom. The van der Waals surface area contributed by atoms with E-state index < -0.39 is 12.4 Å². The van der Waals surface area contributed by atoms with Crippen LogP contribution in [-0.4, -0.2) is 27.3 Å². The van der Waals surface area contributed by atoms with E-state index in [4.69, 9.17) is 4.42 Å². The third-order valence-electron chi connectivity index (χ3n) is 3.07. The van der Waals surface area contributed by atoms with Crippen LogP contribution in [0.15, 0.2) is 33.7 Å². The van der Waals surface area contributed by atoms with Crippen LogP contribution < -0.4 is 10.5 Å². The summed E-state index contributed by atoms with van der Waals surface area (Å²) < 4.78 is 33.4. The standard InChI is InChI=1S/C14H9F2N3O4/c1-6(20)7-2-3-8(12-11(7)19-14(21)23-12)9-4-18-10(5-17-9)22-13(15)16/h2-5,13H,1H3,(H,19,21). The van der Waals surface area contributed by atoms with Crippen molar-refractivity contribution in [3.05, 3.63) is 40.6 Å². The number of hydrogen-bond acceptors (Lipinski definition) is 6. The number of aromatic nitrogens is 3. The van der Waals surface area contributed by atoms with Crippen LogP contribution in [-0.2, 0) is 0 Å². The predicted octanol–water partition coefficient (Wildman–Crippen LogP) is 2.38. The molecule has 7 nitrogen and oxygen atoms in total. The fourth-order valence-corrected chi connectivity index (χ4v) is 2.14. The van der Waals surface area contributed by atoms with Crippen LogP contribution in [0.4, 0.5) is 8.78 Å². The summed E-state index contributed by atoms with van der Waals surface area (Å²) in [6, 6.07) is 3.05. The van der Waals surface area contributed by atoms with Crippen LogP contribution in [0.2, 0.25) is 0 Å². The van der Waals surface area contributed by atoms with Gasteiger partial charge in [-0.2, -0.15) is 8.78 Å². The van der Waals surface area contributed by atoms with Crippen LogP contribution >= 0.6 is 0 Å². The molecular formula is C14H9F2N3O4. The molecule has 0 radical (unpaired) electrons. The molecule has 1 N–H and O–H groups in total. The van der Waals surface area contributed by atoms with Crippen molar-refractivity contribution < 1.29 is 22.7 Å². The number of nitrogens with one attached hydrogen (secondary N) is 1. The molecule has 0 unspecified atom stereocenters. The summed E-state index contributed by atoms with van der Waals surface area (Å²) in [6.07, 6.45) is 2.23. The van der Waals surface area contributed by atoms with Crippen LogP contribution in [0.3, 0.4) is 0 Å². The number of alkyl halides is 2. The monoisotopic (exact) mass is 321 g/mol. The lowest BCUT2D eigenvalue weighted by molar-refractivity contribution is -0.0531. The average molecular weight is 321 g/mol. The second-order valence-electron chi connectivity index (χ2n) is 4.55. The van der Waals surface area contributed by atoms with Gasteiger partial charge in [-0.25, -0.2) is 14.8 Å². The van der Waals surface area contributed by atoms with Crippen molar-refractivity contribution in [2.24, 2.45) is 0 Å². The lowest BCUT2D eigenvalue weighted by Crippen LogP contribution is -2.04. The van der Waals surface area contributed by atoms with Gasteiger partial charge in [0.1, 0.15) is 0 Å². The van der Waals surface area contributed by atoms with E-state index in [0.717, 1.165) is 6.20 Å². The molecule has 118 valence electrons.